The first kappa shape index (κ1) is 17.5. The van der Waals surface area contributed by atoms with Gasteiger partial charge in [0.2, 0.25) is 0 Å². The maximum absolute atomic E-state index is 12.4. The molecule has 24 heavy (non-hydrogen) atoms. The van der Waals surface area contributed by atoms with Crippen molar-refractivity contribution in [3.8, 4) is 11.3 Å². The molecule has 0 radical (unpaired) electrons. The molecule has 0 bridgehead atoms. The average Bonchev–Trinajstić information content (AvgIpc) is 3.01. The Kier molecular flexibility index (Phi) is 5.58. The molecule has 0 unspecified atom stereocenters. The molecular weight excluding hydrogens is 396 g/mol. The molecule has 5 nitrogen and oxygen atoms in total. The quantitative estimate of drug-likeness (QED) is 0.693. The fourth-order valence-electron chi connectivity index (χ4n) is 2.88. The highest BCUT2D eigenvalue weighted by molar-refractivity contribution is 9.10. The molecule has 1 fully saturated rings. The Labute approximate surface area is 154 Å². The van der Waals surface area contributed by atoms with Gasteiger partial charge in [-0.25, -0.2) is 4.79 Å². The Bertz CT molecular complexity index is 741. The normalized spacial score (nSPS) is 15.5. The highest BCUT2D eigenvalue weighted by Crippen LogP contribution is 2.36. The van der Waals surface area contributed by atoms with Crippen LogP contribution in [0, 0.1) is 0 Å². The van der Waals surface area contributed by atoms with Crippen molar-refractivity contribution < 1.29 is 14.3 Å². The van der Waals surface area contributed by atoms with E-state index in [0.717, 1.165) is 22.9 Å². The molecule has 0 saturated carbocycles. The zero-order chi connectivity index (χ0) is 17.1. The molecule has 0 atom stereocenters. The van der Waals surface area contributed by atoms with E-state index in [4.69, 9.17) is 21.1 Å². The van der Waals surface area contributed by atoms with Crippen LogP contribution < -0.4 is 0 Å². The van der Waals surface area contributed by atoms with Gasteiger partial charge in [-0.05, 0) is 31.9 Å². The number of benzene rings is 1. The van der Waals surface area contributed by atoms with Crippen molar-refractivity contribution in [3.63, 3.8) is 0 Å². The molecule has 2 heterocycles. The molecule has 1 aromatic carbocycles. The summed E-state index contributed by atoms with van der Waals surface area (Å²) in [4.78, 5) is 12.4. The maximum atomic E-state index is 12.4. The van der Waals surface area contributed by atoms with Gasteiger partial charge in [0, 0.05) is 23.2 Å². The minimum absolute atomic E-state index is 0.177. The summed E-state index contributed by atoms with van der Waals surface area (Å²) in [5.41, 5.74) is 1.91. The number of hydrogen-bond acceptors (Lipinski definition) is 4. The first-order valence-electron chi connectivity index (χ1n) is 7.89. The Morgan fingerprint density at radius 2 is 2.21 bits per heavy atom. The number of ether oxygens (including phenoxy) is 2. The zero-order valence-electron chi connectivity index (χ0n) is 13.3. The molecule has 128 valence electrons. The number of carbonyl (C=O) groups is 1. The van der Waals surface area contributed by atoms with E-state index in [-0.39, 0.29) is 12.0 Å². The molecule has 1 aliphatic rings. The second-order valence-corrected chi connectivity index (χ2v) is 6.86. The van der Waals surface area contributed by atoms with Crippen molar-refractivity contribution in [2.75, 3.05) is 19.8 Å². The van der Waals surface area contributed by atoms with Crippen LogP contribution in [0.4, 0.5) is 0 Å². The fourth-order valence-corrected chi connectivity index (χ4v) is 3.64. The molecule has 1 aromatic heterocycles. The van der Waals surface area contributed by atoms with Gasteiger partial charge in [0.1, 0.15) is 5.56 Å². The van der Waals surface area contributed by atoms with Crippen molar-refractivity contribution >= 4 is 33.5 Å². The lowest BCUT2D eigenvalue weighted by Gasteiger charge is -2.24. The van der Waals surface area contributed by atoms with Crippen molar-refractivity contribution in [2.45, 2.75) is 25.8 Å². The molecule has 0 N–H and O–H groups in total. The van der Waals surface area contributed by atoms with Gasteiger partial charge in [-0.15, -0.1) is 0 Å². The van der Waals surface area contributed by atoms with Crippen LogP contribution in [0.25, 0.3) is 11.3 Å². The van der Waals surface area contributed by atoms with Crippen molar-refractivity contribution in [1.82, 2.24) is 9.78 Å². The number of hydrogen-bond donors (Lipinski definition) is 0. The lowest BCUT2D eigenvalue weighted by atomic mass is 10.0. The van der Waals surface area contributed by atoms with Gasteiger partial charge in [0.15, 0.2) is 0 Å². The van der Waals surface area contributed by atoms with Crippen LogP contribution in [0.5, 0.6) is 0 Å². The number of rotatable bonds is 4. The molecule has 7 heteroatoms. The van der Waals surface area contributed by atoms with Crippen LogP contribution >= 0.6 is 27.5 Å². The summed E-state index contributed by atoms with van der Waals surface area (Å²) in [6, 6.07) is 5.78. The first-order chi connectivity index (χ1) is 11.6. The highest BCUT2D eigenvalue weighted by atomic mass is 79.9. The third-order valence-corrected chi connectivity index (χ3v) is 4.82. The molecule has 0 spiro atoms. The number of esters is 1. The smallest absolute Gasteiger partial charge is 0.341 e. The predicted octanol–water partition coefficient (Wildman–Crippen LogP) is 4.49. The van der Waals surface area contributed by atoms with E-state index in [1.807, 2.05) is 22.9 Å². The van der Waals surface area contributed by atoms with E-state index in [0.29, 0.717) is 36.1 Å². The van der Waals surface area contributed by atoms with Gasteiger partial charge in [0.05, 0.1) is 29.6 Å². The number of nitrogens with zero attached hydrogens (tertiary/aromatic N) is 2. The highest BCUT2D eigenvalue weighted by Gasteiger charge is 2.26. The van der Waals surface area contributed by atoms with E-state index in [1.54, 1.807) is 13.1 Å². The molecular formula is C17H18BrClN2O3. The maximum Gasteiger partial charge on any atom is 0.341 e. The second kappa shape index (κ2) is 7.68. The van der Waals surface area contributed by atoms with E-state index in [1.165, 1.54) is 0 Å². The minimum Gasteiger partial charge on any atom is -0.462 e. The molecule has 1 aliphatic heterocycles. The van der Waals surface area contributed by atoms with Crippen LogP contribution in [0.15, 0.2) is 28.9 Å². The summed E-state index contributed by atoms with van der Waals surface area (Å²) in [7, 11) is 0. The minimum atomic E-state index is -0.384. The third kappa shape index (κ3) is 3.50. The van der Waals surface area contributed by atoms with E-state index in [2.05, 4.69) is 21.0 Å². The summed E-state index contributed by atoms with van der Waals surface area (Å²) in [5.74, 6) is -0.384. The predicted molar refractivity (Wildman–Crippen MR) is 95.4 cm³/mol. The average molecular weight is 414 g/mol. The fraction of sp³-hybridized carbons (Fsp3) is 0.412. The molecule has 3 rings (SSSR count). The van der Waals surface area contributed by atoms with Gasteiger partial charge in [-0.2, -0.15) is 5.10 Å². The SMILES string of the molecule is CCOC(=O)c1cnn(C2CCOCC2)c1-c1ccc(Br)cc1Cl. The largest absolute Gasteiger partial charge is 0.462 e. The van der Waals surface area contributed by atoms with Crippen LogP contribution in [0.3, 0.4) is 0 Å². The Morgan fingerprint density at radius 1 is 1.46 bits per heavy atom. The van der Waals surface area contributed by atoms with Gasteiger partial charge in [-0.1, -0.05) is 33.6 Å². The van der Waals surface area contributed by atoms with Crippen molar-refractivity contribution in [3.05, 3.63) is 39.5 Å². The Balaban J connectivity index is 2.11. The van der Waals surface area contributed by atoms with Crippen LogP contribution in [0.2, 0.25) is 5.02 Å². The number of carbonyl (C=O) groups excluding carboxylic acids is 1. The van der Waals surface area contributed by atoms with Gasteiger partial charge < -0.3 is 9.47 Å². The van der Waals surface area contributed by atoms with E-state index >= 15 is 0 Å². The summed E-state index contributed by atoms with van der Waals surface area (Å²) >= 11 is 9.85. The second-order valence-electron chi connectivity index (χ2n) is 5.54. The summed E-state index contributed by atoms with van der Waals surface area (Å²) in [6.45, 7) is 3.47. The standard InChI is InChI=1S/C17H18BrClN2O3/c1-2-24-17(22)14-10-20-21(12-5-7-23-8-6-12)16(14)13-4-3-11(18)9-15(13)19/h3-4,9-10,12H,2,5-8H2,1H3. The zero-order valence-corrected chi connectivity index (χ0v) is 15.6. The van der Waals surface area contributed by atoms with E-state index in [9.17, 15) is 4.79 Å². The van der Waals surface area contributed by atoms with Crippen LogP contribution in [-0.4, -0.2) is 35.6 Å². The van der Waals surface area contributed by atoms with Crippen molar-refractivity contribution in [1.29, 1.82) is 0 Å². The monoisotopic (exact) mass is 412 g/mol. The van der Waals surface area contributed by atoms with Crippen molar-refractivity contribution in [2.24, 2.45) is 0 Å². The van der Waals surface area contributed by atoms with Gasteiger partial charge in [0.25, 0.3) is 0 Å². The Hall–Kier alpha value is -1.37. The lowest BCUT2D eigenvalue weighted by molar-refractivity contribution is 0.0526. The molecule has 0 amide bonds. The molecule has 0 aliphatic carbocycles. The topological polar surface area (TPSA) is 53.3 Å². The number of halogens is 2. The van der Waals surface area contributed by atoms with Gasteiger partial charge in [-0.3, -0.25) is 4.68 Å². The third-order valence-electron chi connectivity index (χ3n) is 4.01. The van der Waals surface area contributed by atoms with Crippen LogP contribution in [-0.2, 0) is 9.47 Å². The molecule has 2 aromatic rings. The lowest BCUT2D eigenvalue weighted by Crippen LogP contribution is -2.21. The first-order valence-corrected chi connectivity index (χ1v) is 9.06. The van der Waals surface area contributed by atoms with Crippen LogP contribution in [0.1, 0.15) is 36.2 Å². The van der Waals surface area contributed by atoms with Gasteiger partial charge >= 0.3 is 5.97 Å². The summed E-state index contributed by atoms with van der Waals surface area (Å²) in [6.07, 6.45) is 3.28. The molecule has 1 saturated heterocycles. The van der Waals surface area contributed by atoms with E-state index < -0.39 is 0 Å². The summed E-state index contributed by atoms with van der Waals surface area (Å²) in [5, 5.41) is 5.03. The Morgan fingerprint density at radius 3 is 2.88 bits per heavy atom. The number of aromatic nitrogens is 2. The summed E-state index contributed by atoms with van der Waals surface area (Å²) < 4.78 is 13.4.